The number of ether oxygens (including phenoxy) is 1. The third-order valence-electron chi connectivity index (χ3n) is 2.40. The molecule has 0 unspecified atom stereocenters. The van der Waals surface area contributed by atoms with E-state index in [1.807, 2.05) is 31.2 Å². The third-order valence-corrected chi connectivity index (χ3v) is 3.49. The fraction of sp³-hybridized carbons (Fsp3) is 0.273. The van der Waals surface area contributed by atoms with Crippen molar-refractivity contribution >= 4 is 10.8 Å². The Balaban J connectivity index is 2.49. The molecule has 2 atom stereocenters. The number of epoxide rings is 1. The molecule has 3 heteroatoms. The molecule has 2 rings (SSSR count). The van der Waals surface area contributed by atoms with E-state index in [-0.39, 0.29) is 5.60 Å². The molecule has 0 aliphatic carbocycles. The van der Waals surface area contributed by atoms with Crippen molar-refractivity contribution < 1.29 is 8.95 Å². The van der Waals surface area contributed by atoms with Crippen LogP contribution in [0, 0.1) is 0 Å². The molecule has 0 aromatic heterocycles. The van der Waals surface area contributed by atoms with Gasteiger partial charge in [-0.2, -0.15) is 0 Å². The molecule has 0 radical (unpaired) electrons. The van der Waals surface area contributed by atoms with Gasteiger partial charge in [0.1, 0.15) is 5.60 Å². The van der Waals surface area contributed by atoms with E-state index in [4.69, 9.17) is 4.74 Å². The largest absolute Gasteiger partial charge is 0.365 e. The van der Waals surface area contributed by atoms with Crippen LogP contribution in [0.1, 0.15) is 12.5 Å². The minimum absolute atomic E-state index is 0.227. The number of hydrogen-bond donors (Lipinski definition) is 0. The monoisotopic (exact) mass is 208 g/mol. The van der Waals surface area contributed by atoms with E-state index in [0.717, 1.165) is 10.5 Å². The fourth-order valence-electron chi connectivity index (χ4n) is 1.43. The van der Waals surface area contributed by atoms with Crippen molar-refractivity contribution in [2.75, 3.05) is 6.61 Å². The van der Waals surface area contributed by atoms with Crippen LogP contribution in [0.5, 0.6) is 0 Å². The first-order chi connectivity index (χ1) is 6.67. The van der Waals surface area contributed by atoms with Gasteiger partial charge in [0.05, 0.1) is 17.4 Å². The summed E-state index contributed by atoms with van der Waals surface area (Å²) in [4.78, 5) is 0.808. The Labute approximate surface area is 86.0 Å². The summed E-state index contributed by atoms with van der Waals surface area (Å²) in [6.07, 6.45) is 0. The van der Waals surface area contributed by atoms with Gasteiger partial charge in [-0.25, -0.2) is 4.21 Å². The minimum atomic E-state index is -1.12. The zero-order valence-electron chi connectivity index (χ0n) is 8.03. The van der Waals surface area contributed by atoms with Crippen LogP contribution < -0.4 is 0 Å². The first-order valence-corrected chi connectivity index (χ1v) is 5.65. The lowest BCUT2D eigenvalue weighted by molar-refractivity contribution is 0.326. The molecule has 0 N–H and O–H groups in total. The normalized spacial score (nSPS) is 26.9. The number of benzene rings is 1. The van der Waals surface area contributed by atoms with Crippen molar-refractivity contribution in [1.82, 2.24) is 0 Å². The Hall–Kier alpha value is -0.930. The average molecular weight is 208 g/mol. The molecule has 1 aliphatic heterocycles. The standard InChI is InChI=1S/C11H12O2S/c1-3-14(12)10-7-5-4-6-9(10)11(2)8-13-11/h3-7H,1,8H2,2H3/t11-,14-/m1/s1. The topological polar surface area (TPSA) is 29.6 Å². The van der Waals surface area contributed by atoms with Gasteiger partial charge in [0.25, 0.3) is 0 Å². The molecule has 1 aliphatic rings. The van der Waals surface area contributed by atoms with Gasteiger partial charge in [0.15, 0.2) is 0 Å². The molecule has 2 nitrogen and oxygen atoms in total. The van der Waals surface area contributed by atoms with Crippen LogP contribution in [0.4, 0.5) is 0 Å². The second kappa shape index (κ2) is 3.33. The lowest BCUT2D eigenvalue weighted by Gasteiger charge is -2.09. The maximum absolute atomic E-state index is 11.6. The van der Waals surface area contributed by atoms with Crippen molar-refractivity contribution in [3.8, 4) is 0 Å². The zero-order chi connectivity index (χ0) is 10.2. The molecule has 1 heterocycles. The Morgan fingerprint density at radius 1 is 1.57 bits per heavy atom. The molecule has 74 valence electrons. The third kappa shape index (κ3) is 1.53. The van der Waals surface area contributed by atoms with Crippen LogP contribution in [-0.2, 0) is 21.1 Å². The van der Waals surface area contributed by atoms with Crippen LogP contribution >= 0.6 is 0 Å². The van der Waals surface area contributed by atoms with E-state index >= 15 is 0 Å². The van der Waals surface area contributed by atoms with Gasteiger partial charge in [-0.15, -0.1) is 0 Å². The molecule has 1 saturated heterocycles. The average Bonchev–Trinajstić information content (AvgIpc) is 2.97. The Bertz CT molecular complexity index is 394. The quantitative estimate of drug-likeness (QED) is 0.712. The van der Waals surface area contributed by atoms with E-state index in [1.54, 1.807) is 0 Å². The number of hydrogen-bond acceptors (Lipinski definition) is 2. The number of rotatable bonds is 3. The van der Waals surface area contributed by atoms with Gasteiger partial charge in [-0.05, 0) is 13.0 Å². The molecule has 0 bridgehead atoms. The van der Waals surface area contributed by atoms with Gasteiger partial charge in [-0.3, -0.25) is 0 Å². The van der Waals surface area contributed by atoms with E-state index in [9.17, 15) is 4.21 Å². The summed E-state index contributed by atoms with van der Waals surface area (Å²) in [5.41, 5.74) is 0.785. The smallest absolute Gasteiger partial charge is 0.115 e. The van der Waals surface area contributed by atoms with Crippen molar-refractivity contribution in [2.45, 2.75) is 17.4 Å². The first-order valence-electron chi connectivity index (χ1n) is 4.44. The summed E-state index contributed by atoms with van der Waals surface area (Å²) >= 11 is 0. The van der Waals surface area contributed by atoms with Gasteiger partial charge < -0.3 is 4.74 Å². The summed E-state index contributed by atoms with van der Waals surface area (Å²) in [5, 5.41) is 1.45. The van der Waals surface area contributed by atoms with Crippen molar-refractivity contribution in [2.24, 2.45) is 0 Å². The van der Waals surface area contributed by atoms with Crippen LogP contribution in [0.3, 0.4) is 0 Å². The van der Waals surface area contributed by atoms with E-state index < -0.39 is 10.8 Å². The van der Waals surface area contributed by atoms with Gasteiger partial charge in [-0.1, -0.05) is 24.8 Å². The fourth-order valence-corrected chi connectivity index (χ4v) is 2.33. The Morgan fingerprint density at radius 2 is 2.21 bits per heavy atom. The second-order valence-electron chi connectivity index (χ2n) is 3.48. The summed E-state index contributed by atoms with van der Waals surface area (Å²) < 4.78 is 17.0. The Kier molecular flexibility index (Phi) is 2.29. The van der Waals surface area contributed by atoms with Crippen LogP contribution in [0.2, 0.25) is 0 Å². The molecule has 0 spiro atoms. The van der Waals surface area contributed by atoms with Gasteiger partial charge in [0, 0.05) is 15.9 Å². The molecule has 1 aromatic carbocycles. The first kappa shape index (κ1) is 9.62. The van der Waals surface area contributed by atoms with E-state index in [0.29, 0.717) is 6.61 Å². The maximum Gasteiger partial charge on any atom is 0.115 e. The zero-order valence-corrected chi connectivity index (χ0v) is 8.84. The molecular weight excluding hydrogens is 196 g/mol. The minimum Gasteiger partial charge on any atom is -0.365 e. The summed E-state index contributed by atoms with van der Waals surface area (Å²) in [7, 11) is -1.12. The SMILES string of the molecule is C=C[S@@](=O)c1ccccc1[C@@]1(C)CO1. The van der Waals surface area contributed by atoms with E-state index in [1.165, 1.54) is 5.41 Å². The molecule has 1 aromatic rings. The van der Waals surface area contributed by atoms with Crippen LogP contribution in [-0.4, -0.2) is 10.8 Å². The predicted molar refractivity (Wildman–Crippen MR) is 56.4 cm³/mol. The van der Waals surface area contributed by atoms with Crippen molar-refractivity contribution in [3.05, 3.63) is 41.8 Å². The highest BCUT2D eigenvalue weighted by Crippen LogP contribution is 2.40. The van der Waals surface area contributed by atoms with E-state index in [2.05, 4.69) is 6.58 Å². The lowest BCUT2D eigenvalue weighted by atomic mass is 10.0. The van der Waals surface area contributed by atoms with Crippen molar-refractivity contribution in [1.29, 1.82) is 0 Å². The summed E-state index contributed by atoms with van der Waals surface area (Å²) in [6, 6.07) is 7.64. The van der Waals surface area contributed by atoms with Gasteiger partial charge in [0.2, 0.25) is 0 Å². The van der Waals surface area contributed by atoms with Crippen LogP contribution in [0.15, 0.2) is 41.1 Å². The Morgan fingerprint density at radius 3 is 2.79 bits per heavy atom. The molecule has 0 amide bonds. The van der Waals surface area contributed by atoms with Gasteiger partial charge >= 0.3 is 0 Å². The molecule has 0 saturated carbocycles. The van der Waals surface area contributed by atoms with Crippen LogP contribution in [0.25, 0.3) is 0 Å². The summed E-state index contributed by atoms with van der Waals surface area (Å²) in [5.74, 6) is 0. The predicted octanol–water partition coefficient (Wildman–Crippen LogP) is 2.18. The molecular formula is C11H12O2S. The highest BCUT2D eigenvalue weighted by Gasteiger charge is 2.43. The second-order valence-corrected chi connectivity index (χ2v) is 4.85. The maximum atomic E-state index is 11.6. The van der Waals surface area contributed by atoms with Crippen molar-refractivity contribution in [3.63, 3.8) is 0 Å². The molecule has 14 heavy (non-hydrogen) atoms. The lowest BCUT2D eigenvalue weighted by Crippen LogP contribution is -2.06. The summed E-state index contributed by atoms with van der Waals surface area (Å²) in [6.45, 7) is 6.25. The highest BCUT2D eigenvalue weighted by atomic mass is 32.2. The molecule has 1 fully saturated rings. The highest BCUT2D eigenvalue weighted by molar-refractivity contribution is 7.88.